The summed E-state index contributed by atoms with van der Waals surface area (Å²) in [6.45, 7) is 2.67. The van der Waals surface area contributed by atoms with Crippen molar-refractivity contribution < 1.29 is 4.74 Å². The third kappa shape index (κ3) is 3.17. The van der Waals surface area contributed by atoms with Gasteiger partial charge in [0.05, 0.1) is 7.11 Å². The summed E-state index contributed by atoms with van der Waals surface area (Å²) in [5.41, 5.74) is 2.15. The molecule has 4 nitrogen and oxygen atoms in total. The maximum absolute atomic E-state index is 5.06. The van der Waals surface area contributed by atoms with Crippen molar-refractivity contribution in [3.05, 3.63) is 47.8 Å². The minimum Gasteiger partial charge on any atom is -0.481 e. The standard InChI is InChI=1S/C13H15N3O/c1-10-6-7-11(8-14-10)9-15-12-4-3-5-13(16-12)17-2/h3-8H,9H2,1-2H3,(H,15,16). The Balaban J connectivity index is 1.99. The van der Waals surface area contributed by atoms with Crippen LogP contribution in [0.5, 0.6) is 5.88 Å². The number of rotatable bonds is 4. The van der Waals surface area contributed by atoms with Crippen molar-refractivity contribution >= 4 is 5.82 Å². The maximum Gasteiger partial charge on any atom is 0.214 e. The van der Waals surface area contributed by atoms with Crippen molar-refractivity contribution in [2.75, 3.05) is 12.4 Å². The van der Waals surface area contributed by atoms with Crippen molar-refractivity contribution in [3.8, 4) is 5.88 Å². The largest absolute Gasteiger partial charge is 0.481 e. The van der Waals surface area contributed by atoms with E-state index in [1.165, 1.54) is 0 Å². The van der Waals surface area contributed by atoms with Crippen LogP contribution in [0.4, 0.5) is 5.82 Å². The average molecular weight is 229 g/mol. The Labute approximate surface area is 101 Å². The van der Waals surface area contributed by atoms with Gasteiger partial charge in [-0.3, -0.25) is 4.98 Å². The molecule has 0 atom stereocenters. The molecule has 0 saturated carbocycles. The van der Waals surface area contributed by atoms with E-state index in [4.69, 9.17) is 4.74 Å². The van der Waals surface area contributed by atoms with E-state index in [0.717, 1.165) is 17.1 Å². The zero-order valence-corrected chi connectivity index (χ0v) is 9.97. The van der Waals surface area contributed by atoms with Crippen LogP contribution >= 0.6 is 0 Å². The Hall–Kier alpha value is -2.10. The van der Waals surface area contributed by atoms with Crippen LogP contribution in [0.15, 0.2) is 36.5 Å². The van der Waals surface area contributed by atoms with Crippen molar-refractivity contribution in [1.82, 2.24) is 9.97 Å². The lowest BCUT2D eigenvalue weighted by atomic mass is 10.2. The van der Waals surface area contributed by atoms with E-state index in [1.54, 1.807) is 7.11 Å². The average Bonchev–Trinajstić information content (AvgIpc) is 2.38. The molecule has 17 heavy (non-hydrogen) atoms. The van der Waals surface area contributed by atoms with E-state index < -0.39 is 0 Å². The number of ether oxygens (including phenoxy) is 1. The lowest BCUT2D eigenvalue weighted by molar-refractivity contribution is 0.398. The first-order valence-corrected chi connectivity index (χ1v) is 5.44. The zero-order chi connectivity index (χ0) is 12.1. The zero-order valence-electron chi connectivity index (χ0n) is 9.97. The number of aryl methyl sites for hydroxylation is 1. The molecule has 88 valence electrons. The van der Waals surface area contributed by atoms with Crippen LogP contribution in [0.25, 0.3) is 0 Å². The van der Waals surface area contributed by atoms with Gasteiger partial charge in [-0.15, -0.1) is 0 Å². The Morgan fingerprint density at radius 1 is 1.24 bits per heavy atom. The summed E-state index contributed by atoms with van der Waals surface area (Å²) in [5.74, 6) is 1.40. The number of nitrogens with one attached hydrogen (secondary N) is 1. The van der Waals surface area contributed by atoms with Crippen molar-refractivity contribution in [1.29, 1.82) is 0 Å². The van der Waals surface area contributed by atoms with Gasteiger partial charge in [-0.05, 0) is 24.6 Å². The van der Waals surface area contributed by atoms with Crippen molar-refractivity contribution in [3.63, 3.8) is 0 Å². The first-order chi connectivity index (χ1) is 8.28. The van der Waals surface area contributed by atoms with Crippen LogP contribution < -0.4 is 10.1 Å². The number of hydrogen-bond acceptors (Lipinski definition) is 4. The summed E-state index contributed by atoms with van der Waals surface area (Å²) >= 11 is 0. The molecule has 0 saturated heterocycles. The fraction of sp³-hybridized carbons (Fsp3) is 0.231. The Bertz CT molecular complexity index is 482. The molecule has 0 aliphatic heterocycles. The minimum atomic E-state index is 0.608. The highest BCUT2D eigenvalue weighted by Crippen LogP contribution is 2.11. The molecule has 0 fully saturated rings. The molecule has 0 aliphatic carbocycles. The van der Waals surface area contributed by atoms with Crippen LogP contribution in [0.2, 0.25) is 0 Å². The molecular formula is C13H15N3O. The highest BCUT2D eigenvalue weighted by atomic mass is 16.5. The lowest BCUT2D eigenvalue weighted by Crippen LogP contribution is -2.02. The predicted octanol–water partition coefficient (Wildman–Crippen LogP) is 2.41. The SMILES string of the molecule is COc1cccc(NCc2ccc(C)nc2)n1. The predicted molar refractivity (Wildman–Crippen MR) is 67.1 cm³/mol. The maximum atomic E-state index is 5.06. The summed E-state index contributed by atoms with van der Waals surface area (Å²) < 4.78 is 5.06. The van der Waals surface area contributed by atoms with Crippen LogP contribution in [0, 0.1) is 6.92 Å². The van der Waals surface area contributed by atoms with Crippen LogP contribution in [0.1, 0.15) is 11.3 Å². The molecule has 2 heterocycles. The quantitative estimate of drug-likeness (QED) is 0.874. The summed E-state index contributed by atoms with van der Waals surface area (Å²) in [6.07, 6.45) is 1.86. The van der Waals surface area contributed by atoms with Crippen molar-refractivity contribution in [2.45, 2.75) is 13.5 Å². The second kappa shape index (κ2) is 5.30. The monoisotopic (exact) mass is 229 g/mol. The number of methoxy groups -OCH3 is 1. The van der Waals surface area contributed by atoms with Gasteiger partial charge in [-0.2, -0.15) is 4.98 Å². The van der Waals surface area contributed by atoms with E-state index >= 15 is 0 Å². The molecule has 4 heteroatoms. The molecule has 0 radical (unpaired) electrons. The summed E-state index contributed by atoms with van der Waals surface area (Å²) in [4.78, 5) is 8.51. The molecular weight excluding hydrogens is 214 g/mol. The minimum absolute atomic E-state index is 0.608. The number of pyridine rings is 2. The summed E-state index contributed by atoms with van der Waals surface area (Å²) in [6, 6.07) is 9.68. The molecule has 0 spiro atoms. The van der Waals surface area contributed by atoms with Gasteiger partial charge in [0.15, 0.2) is 0 Å². The van der Waals surface area contributed by atoms with Crippen LogP contribution in [0.3, 0.4) is 0 Å². The molecule has 1 N–H and O–H groups in total. The highest BCUT2D eigenvalue weighted by molar-refractivity contribution is 5.37. The van der Waals surface area contributed by atoms with Gasteiger partial charge >= 0.3 is 0 Å². The van der Waals surface area contributed by atoms with E-state index in [0.29, 0.717) is 12.4 Å². The molecule has 0 aromatic carbocycles. The smallest absolute Gasteiger partial charge is 0.214 e. The second-order valence-corrected chi connectivity index (χ2v) is 3.73. The van der Waals surface area contributed by atoms with E-state index in [-0.39, 0.29) is 0 Å². The van der Waals surface area contributed by atoms with Crippen LogP contribution in [-0.4, -0.2) is 17.1 Å². The topological polar surface area (TPSA) is 47.0 Å². The molecule has 0 unspecified atom stereocenters. The second-order valence-electron chi connectivity index (χ2n) is 3.73. The normalized spacial score (nSPS) is 10.0. The lowest BCUT2D eigenvalue weighted by Gasteiger charge is -2.06. The fourth-order valence-electron chi connectivity index (χ4n) is 1.42. The number of aromatic nitrogens is 2. The van der Waals surface area contributed by atoms with Gasteiger partial charge in [0.25, 0.3) is 0 Å². The molecule has 0 amide bonds. The first kappa shape index (κ1) is 11.4. The summed E-state index contributed by atoms with van der Waals surface area (Å²) in [5, 5.41) is 3.22. The number of nitrogens with zero attached hydrogens (tertiary/aromatic N) is 2. The third-order valence-electron chi connectivity index (χ3n) is 2.38. The highest BCUT2D eigenvalue weighted by Gasteiger charge is 1.97. The van der Waals surface area contributed by atoms with Gasteiger partial charge in [0.2, 0.25) is 5.88 Å². The van der Waals surface area contributed by atoms with E-state index in [9.17, 15) is 0 Å². The summed E-state index contributed by atoms with van der Waals surface area (Å²) in [7, 11) is 1.61. The molecule has 2 aromatic heterocycles. The van der Waals surface area contributed by atoms with Gasteiger partial charge < -0.3 is 10.1 Å². The number of anilines is 1. The van der Waals surface area contributed by atoms with E-state index in [1.807, 2.05) is 37.4 Å². The first-order valence-electron chi connectivity index (χ1n) is 5.44. The van der Waals surface area contributed by atoms with Crippen LogP contribution in [-0.2, 0) is 6.54 Å². The van der Waals surface area contributed by atoms with E-state index in [2.05, 4.69) is 21.4 Å². The third-order valence-corrected chi connectivity index (χ3v) is 2.38. The molecule has 0 aliphatic rings. The van der Waals surface area contributed by atoms with Gasteiger partial charge in [0, 0.05) is 24.5 Å². The van der Waals surface area contributed by atoms with Gasteiger partial charge in [0.1, 0.15) is 5.82 Å². The molecule has 2 rings (SSSR count). The number of hydrogen-bond donors (Lipinski definition) is 1. The molecule has 2 aromatic rings. The van der Waals surface area contributed by atoms with Gasteiger partial charge in [-0.25, -0.2) is 0 Å². The Morgan fingerprint density at radius 2 is 2.12 bits per heavy atom. The van der Waals surface area contributed by atoms with Gasteiger partial charge in [-0.1, -0.05) is 12.1 Å². The van der Waals surface area contributed by atoms with Crippen molar-refractivity contribution in [2.24, 2.45) is 0 Å². The Morgan fingerprint density at radius 3 is 2.82 bits per heavy atom. The fourth-order valence-corrected chi connectivity index (χ4v) is 1.42. The molecule has 0 bridgehead atoms. The Kier molecular flexibility index (Phi) is 3.55.